The molecule has 0 atom stereocenters. The molecular weight excluding hydrogens is 414 g/mol. The van der Waals surface area contributed by atoms with E-state index in [2.05, 4.69) is 55.5 Å². The summed E-state index contributed by atoms with van der Waals surface area (Å²) in [4.78, 5) is 9.13. The third kappa shape index (κ3) is 4.41. The van der Waals surface area contributed by atoms with E-state index >= 15 is 0 Å². The van der Waals surface area contributed by atoms with Gasteiger partial charge in [0.15, 0.2) is 5.82 Å². The van der Waals surface area contributed by atoms with Crippen LogP contribution < -0.4 is 15.1 Å². The lowest BCUT2D eigenvalue weighted by Crippen LogP contribution is -2.36. The first-order chi connectivity index (χ1) is 16.0. The van der Waals surface area contributed by atoms with Crippen LogP contribution in [0.2, 0.25) is 0 Å². The zero-order valence-corrected chi connectivity index (χ0v) is 18.9. The van der Waals surface area contributed by atoms with E-state index in [0.29, 0.717) is 12.5 Å². The molecule has 0 bridgehead atoms. The zero-order chi connectivity index (χ0) is 22.8. The Bertz CT molecular complexity index is 1180. The second kappa shape index (κ2) is 8.60. The minimum absolute atomic E-state index is 0.503. The van der Waals surface area contributed by atoms with Crippen LogP contribution >= 0.6 is 0 Å². The zero-order valence-electron chi connectivity index (χ0n) is 18.9. The molecule has 2 aliphatic heterocycles. The highest BCUT2D eigenvalue weighted by Crippen LogP contribution is 2.27. The van der Waals surface area contributed by atoms with Crippen molar-refractivity contribution in [3.8, 4) is 6.07 Å². The molecule has 3 aromatic rings. The van der Waals surface area contributed by atoms with E-state index in [1.165, 1.54) is 5.69 Å². The van der Waals surface area contributed by atoms with Crippen LogP contribution in [0.25, 0.3) is 6.20 Å². The Morgan fingerprint density at radius 2 is 1.67 bits per heavy atom. The monoisotopic (exact) mass is 441 g/mol. The number of nitriles is 1. The van der Waals surface area contributed by atoms with E-state index in [0.717, 1.165) is 49.1 Å². The maximum absolute atomic E-state index is 9.35. The third-order valence-corrected chi connectivity index (χ3v) is 6.10. The van der Waals surface area contributed by atoms with Crippen LogP contribution in [0.1, 0.15) is 25.2 Å². The van der Waals surface area contributed by atoms with Crippen LogP contribution in [0.5, 0.6) is 0 Å². The SMILES string of the molecule is CC(C)(C#N)c1ccc(N2C=Cn3nc(Nc4ccc(N5CCOCC5)cc4)nc3C2)cc1. The predicted molar refractivity (Wildman–Crippen MR) is 129 cm³/mol. The highest BCUT2D eigenvalue weighted by Gasteiger charge is 2.21. The number of hydrogen-bond acceptors (Lipinski definition) is 7. The minimum Gasteiger partial charge on any atom is -0.378 e. The first kappa shape index (κ1) is 21.0. The molecule has 1 fully saturated rings. The van der Waals surface area contributed by atoms with Crippen molar-refractivity contribution in [2.75, 3.05) is 41.4 Å². The van der Waals surface area contributed by atoms with Crippen LogP contribution in [0.15, 0.2) is 54.7 Å². The van der Waals surface area contributed by atoms with E-state index in [-0.39, 0.29) is 0 Å². The Morgan fingerprint density at radius 1 is 0.970 bits per heavy atom. The number of nitrogens with one attached hydrogen (secondary N) is 1. The van der Waals surface area contributed by atoms with E-state index in [1.807, 2.05) is 50.5 Å². The number of nitrogens with zero attached hydrogens (tertiary/aromatic N) is 6. The fourth-order valence-electron chi connectivity index (χ4n) is 4.00. The molecular formula is C25H27N7O. The van der Waals surface area contributed by atoms with Crippen LogP contribution in [-0.4, -0.2) is 41.1 Å². The summed E-state index contributed by atoms with van der Waals surface area (Å²) in [5.74, 6) is 1.42. The molecule has 3 heterocycles. The maximum atomic E-state index is 9.35. The summed E-state index contributed by atoms with van der Waals surface area (Å²) in [5, 5.41) is 17.2. The van der Waals surface area contributed by atoms with Gasteiger partial charge in [0.05, 0.1) is 31.2 Å². The summed E-state index contributed by atoms with van der Waals surface area (Å²) < 4.78 is 7.23. The number of anilines is 4. The molecule has 168 valence electrons. The molecule has 33 heavy (non-hydrogen) atoms. The predicted octanol–water partition coefficient (Wildman–Crippen LogP) is 4.11. The lowest BCUT2D eigenvalue weighted by molar-refractivity contribution is 0.122. The molecule has 0 saturated carbocycles. The lowest BCUT2D eigenvalue weighted by Gasteiger charge is -2.28. The van der Waals surface area contributed by atoms with Gasteiger partial charge in [-0.05, 0) is 55.8 Å². The summed E-state index contributed by atoms with van der Waals surface area (Å²) in [6.45, 7) is 7.86. The van der Waals surface area contributed by atoms with Crippen molar-refractivity contribution in [3.05, 3.63) is 66.1 Å². The Balaban J connectivity index is 1.25. The molecule has 8 nitrogen and oxygen atoms in total. The van der Waals surface area contributed by atoms with E-state index < -0.39 is 5.41 Å². The van der Waals surface area contributed by atoms with E-state index in [9.17, 15) is 5.26 Å². The van der Waals surface area contributed by atoms with Crippen LogP contribution in [-0.2, 0) is 16.7 Å². The van der Waals surface area contributed by atoms with Crippen LogP contribution in [0.4, 0.5) is 23.0 Å². The number of morpholine rings is 1. The van der Waals surface area contributed by atoms with Gasteiger partial charge in [0.25, 0.3) is 0 Å². The van der Waals surface area contributed by atoms with Crippen molar-refractivity contribution in [3.63, 3.8) is 0 Å². The summed E-state index contributed by atoms with van der Waals surface area (Å²) in [6.07, 6.45) is 3.90. The summed E-state index contributed by atoms with van der Waals surface area (Å²) >= 11 is 0. The first-order valence-corrected chi connectivity index (χ1v) is 11.1. The smallest absolute Gasteiger partial charge is 0.247 e. The van der Waals surface area contributed by atoms with Crippen molar-refractivity contribution in [1.82, 2.24) is 14.8 Å². The molecule has 0 aliphatic carbocycles. The highest BCUT2D eigenvalue weighted by atomic mass is 16.5. The first-order valence-electron chi connectivity index (χ1n) is 11.1. The molecule has 8 heteroatoms. The topological polar surface area (TPSA) is 82.2 Å². The van der Waals surface area contributed by atoms with Crippen molar-refractivity contribution in [1.29, 1.82) is 5.26 Å². The molecule has 2 aliphatic rings. The van der Waals surface area contributed by atoms with Crippen molar-refractivity contribution < 1.29 is 4.74 Å². The van der Waals surface area contributed by atoms with Gasteiger partial charge < -0.3 is 19.9 Å². The number of aromatic nitrogens is 3. The normalized spacial score (nSPS) is 15.8. The van der Waals surface area contributed by atoms with Gasteiger partial charge in [0.2, 0.25) is 5.95 Å². The third-order valence-electron chi connectivity index (χ3n) is 6.10. The largest absolute Gasteiger partial charge is 0.378 e. The second-order valence-electron chi connectivity index (χ2n) is 8.78. The Kier molecular flexibility index (Phi) is 5.48. The fraction of sp³-hybridized carbons (Fsp3) is 0.320. The van der Waals surface area contributed by atoms with Crippen LogP contribution in [0.3, 0.4) is 0 Å². The average molecular weight is 442 g/mol. The molecule has 0 amide bonds. The molecule has 1 saturated heterocycles. The molecule has 0 spiro atoms. The molecule has 5 rings (SSSR count). The van der Waals surface area contributed by atoms with Gasteiger partial charge in [-0.25, -0.2) is 4.68 Å². The van der Waals surface area contributed by atoms with Gasteiger partial charge >= 0.3 is 0 Å². The van der Waals surface area contributed by atoms with Crippen molar-refractivity contribution >= 4 is 29.2 Å². The van der Waals surface area contributed by atoms with Gasteiger partial charge in [-0.15, -0.1) is 5.10 Å². The second-order valence-corrected chi connectivity index (χ2v) is 8.78. The number of benzene rings is 2. The minimum atomic E-state index is -0.503. The van der Waals surface area contributed by atoms with Gasteiger partial charge in [0.1, 0.15) is 0 Å². The summed E-state index contributed by atoms with van der Waals surface area (Å²) in [5.41, 5.74) is 3.70. The number of hydrogen-bond donors (Lipinski definition) is 1. The average Bonchev–Trinajstić information content (AvgIpc) is 3.26. The molecule has 0 unspecified atom stereocenters. The van der Waals surface area contributed by atoms with Crippen LogP contribution in [0, 0.1) is 11.3 Å². The van der Waals surface area contributed by atoms with Gasteiger partial charge in [-0.3, -0.25) is 0 Å². The van der Waals surface area contributed by atoms with E-state index in [4.69, 9.17) is 4.74 Å². The molecule has 2 aromatic carbocycles. The fourth-order valence-corrected chi connectivity index (χ4v) is 4.00. The maximum Gasteiger partial charge on any atom is 0.247 e. The lowest BCUT2D eigenvalue weighted by atomic mass is 9.86. The molecule has 0 radical (unpaired) electrons. The quantitative estimate of drug-likeness (QED) is 0.638. The number of ether oxygens (including phenoxy) is 1. The Morgan fingerprint density at radius 3 is 2.36 bits per heavy atom. The summed E-state index contributed by atoms with van der Waals surface area (Å²) in [7, 11) is 0. The van der Waals surface area contributed by atoms with E-state index in [1.54, 1.807) is 4.68 Å². The number of fused-ring (bicyclic) bond motifs is 1. The van der Waals surface area contributed by atoms with Gasteiger partial charge in [-0.1, -0.05) is 12.1 Å². The van der Waals surface area contributed by atoms with Crippen molar-refractivity contribution in [2.45, 2.75) is 25.8 Å². The Hall–Kier alpha value is -3.83. The Labute approximate surface area is 193 Å². The van der Waals surface area contributed by atoms with Gasteiger partial charge in [-0.2, -0.15) is 10.2 Å². The number of rotatable bonds is 5. The molecule has 1 aromatic heterocycles. The van der Waals surface area contributed by atoms with Crippen molar-refractivity contribution in [2.24, 2.45) is 0 Å². The highest BCUT2D eigenvalue weighted by molar-refractivity contribution is 5.60. The van der Waals surface area contributed by atoms with Gasteiger partial charge in [0, 0.05) is 42.6 Å². The summed E-state index contributed by atoms with van der Waals surface area (Å²) in [6, 6.07) is 18.8. The molecule has 1 N–H and O–H groups in total. The standard InChI is InChI=1S/C25H27N7O/c1-25(2,18-26)19-3-7-22(8-4-19)31-11-12-32-23(17-31)28-24(29-32)27-20-5-9-21(10-6-20)30-13-15-33-16-14-30/h3-12H,13-17H2,1-2H3,(H,27,29).